The number of morpholine rings is 1. The van der Waals surface area contributed by atoms with Gasteiger partial charge in [-0.15, -0.1) is 0 Å². The van der Waals surface area contributed by atoms with Crippen molar-refractivity contribution in [3.05, 3.63) is 59.8 Å². The summed E-state index contributed by atoms with van der Waals surface area (Å²) in [6.45, 7) is 7.12. The van der Waals surface area contributed by atoms with Crippen molar-refractivity contribution >= 4 is 22.5 Å². The molecule has 3 aromatic rings. The van der Waals surface area contributed by atoms with Gasteiger partial charge >= 0.3 is 0 Å². The summed E-state index contributed by atoms with van der Waals surface area (Å²) in [4.78, 5) is 14.5. The molecule has 162 valence electrons. The summed E-state index contributed by atoms with van der Waals surface area (Å²) in [5.41, 5.74) is 3.59. The summed E-state index contributed by atoms with van der Waals surface area (Å²) >= 11 is 0. The third-order valence-corrected chi connectivity index (χ3v) is 6.24. The Bertz CT molecular complexity index is 1010. The number of ether oxygens (including phenoxy) is 1. The molecule has 2 saturated heterocycles. The highest BCUT2D eigenvalue weighted by Gasteiger charge is 2.18. The number of hydrogen-bond donors (Lipinski definition) is 1. The molecule has 0 unspecified atom stereocenters. The Hall–Kier alpha value is -2.70. The summed E-state index contributed by atoms with van der Waals surface area (Å²) in [7, 11) is 0. The second-order valence-electron chi connectivity index (χ2n) is 8.40. The zero-order valence-electron chi connectivity index (χ0n) is 18.1. The quantitative estimate of drug-likeness (QED) is 0.659. The Morgan fingerprint density at radius 1 is 0.806 bits per heavy atom. The lowest BCUT2D eigenvalue weighted by Crippen LogP contribution is -2.37. The summed E-state index contributed by atoms with van der Waals surface area (Å²) in [5, 5.41) is 4.88. The second kappa shape index (κ2) is 9.62. The predicted molar refractivity (Wildman–Crippen MR) is 126 cm³/mol. The van der Waals surface area contributed by atoms with Gasteiger partial charge in [0.15, 0.2) is 0 Å². The van der Waals surface area contributed by atoms with E-state index in [9.17, 15) is 0 Å². The van der Waals surface area contributed by atoms with Crippen molar-refractivity contribution < 1.29 is 4.74 Å². The number of aromatic nitrogens is 2. The third kappa shape index (κ3) is 4.65. The molecule has 5 rings (SSSR count). The number of nitrogens with one attached hydrogen (secondary N) is 1. The molecule has 6 nitrogen and oxygen atoms in total. The number of hydrogen-bond acceptors (Lipinski definition) is 6. The first-order valence-electron chi connectivity index (χ1n) is 11.5. The van der Waals surface area contributed by atoms with E-state index in [1.807, 2.05) is 12.3 Å². The SMILES string of the molecule is c1cnc(N2CCOCC2)c(CNCc2cc3ccccc3nc2N2CCCCC2)c1. The molecule has 2 fully saturated rings. The minimum atomic E-state index is 0.769. The molecule has 1 aromatic carbocycles. The van der Waals surface area contributed by atoms with Crippen LogP contribution in [0.5, 0.6) is 0 Å². The number of piperidine rings is 1. The zero-order valence-corrected chi connectivity index (χ0v) is 18.1. The Kier molecular flexibility index (Phi) is 6.27. The van der Waals surface area contributed by atoms with Crippen molar-refractivity contribution in [3.8, 4) is 0 Å². The molecule has 0 spiro atoms. The van der Waals surface area contributed by atoms with E-state index in [1.165, 1.54) is 35.8 Å². The molecular weight excluding hydrogens is 386 g/mol. The van der Waals surface area contributed by atoms with Crippen molar-refractivity contribution in [3.63, 3.8) is 0 Å². The van der Waals surface area contributed by atoms with Crippen LogP contribution >= 0.6 is 0 Å². The van der Waals surface area contributed by atoms with Crippen LogP contribution in [0.15, 0.2) is 48.7 Å². The van der Waals surface area contributed by atoms with Crippen molar-refractivity contribution in [2.75, 3.05) is 49.2 Å². The monoisotopic (exact) mass is 417 g/mol. The molecule has 2 aromatic heterocycles. The number of anilines is 2. The van der Waals surface area contributed by atoms with Gasteiger partial charge in [-0.3, -0.25) is 0 Å². The lowest BCUT2D eigenvalue weighted by Gasteiger charge is -2.30. The van der Waals surface area contributed by atoms with Gasteiger partial charge in [0.1, 0.15) is 11.6 Å². The van der Waals surface area contributed by atoms with E-state index in [1.54, 1.807) is 0 Å². The fourth-order valence-electron chi connectivity index (χ4n) is 4.62. The standard InChI is InChI=1S/C25H31N5O/c1-4-11-29(12-5-1)25-22(17-20-7-2-3-9-23(20)28-25)19-26-18-21-8-6-10-27-24(21)30-13-15-31-16-14-30/h2-3,6-10,17,26H,1,4-5,11-16,18-19H2. The minimum Gasteiger partial charge on any atom is -0.378 e. The van der Waals surface area contributed by atoms with E-state index < -0.39 is 0 Å². The molecule has 0 aliphatic carbocycles. The maximum Gasteiger partial charge on any atom is 0.133 e. The van der Waals surface area contributed by atoms with Gasteiger partial charge in [0, 0.05) is 62.0 Å². The maximum atomic E-state index is 5.51. The lowest BCUT2D eigenvalue weighted by molar-refractivity contribution is 0.122. The van der Waals surface area contributed by atoms with E-state index >= 15 is 0 Å². The highest BCUT2D eigenvalue weighted by molar-refractivity contribution is 5.81. The van der Waals surface area contributed by atoms with Gasteiger partial charge in [-0.1, -0.05) is 24.3 Å². The topological polar surface area (TPSA) is 53.5 Å². The van der Waals surface area contributed by atoms with Crippen LogP contribution in [0.1, 0.15) is 30.4 Å². The van der Waals surface area contributed by atoms with Gasteiger partial charge in [-0.2, -0.15) is 0 Å². The van der Waals surface area contributed by atoms with Crippen LogP contribution in [0.4, 0.5) is 11.6 Å². The number of para-hydroxylation sites is 1. The molecule has 1 N–H and O–H groups in total. The lowest BCUT2D eigenvalue weighted by atomic mass is 10.1. The van der Waals surface area contributed by atoms with Gasteiger partial charge in [0.25, 0.3) is 0 Å². The fraction of sp³-hybridized carbons (Fsp3) is 0.440. The molecule has 6 heteroatoms. The average Bonchev–Trinajstić information content (AvgIpc) is 2.85. The Balaban J connectivity index is 1.35. The van der Waals surface area contributed by atoms with E-state index in [4.69, 9.17) is 9.72 Å². The van der Waals surface area contributed by atoms with Crippen LogP contribution < -0.4 is 15.1 Å². The zero-order chi connectivity index (χ0) is 20.9. The molecule has 0 bridgehead atoms. The smallest absolute Gasteiger partial charge is 0.133 e. The first kappa shape index (κ1) is 20.2. The van der Waals surface area contributed by atoms with Crippen LogP contribution in [0, 0.1) is 0 Å². The third-order valence-electron chi connectivity index (χ3n) is 6.24. The molecule has 0 saturated carbocycles. The highest BCUT2D eigenvalue weighted by Crippen LogP contribution is 2.26. The van der Waals surface area contributed by atoms with E-state index in [2.05, 4.69) is 56.5 Å². The molecule has 4 heterocycles. The predicted octanol–water partition coefficient (Wildman–Crippen LogP) is 3.75. The molecule has 2 aliphatic heterocycles. The van der Waals surface area contributed by atoms with Gasteiger partial charge in [0.2, 0.25) is 0 Å². The summed E-state index contributed by atoms with van der Waals surface area (Å²) in [5.74, 6) is 2.22. The molecule has 0 amide bonds. The average molecular weight is 418 g/mol. The first-order chi connectivity index (χ1) is 15.4. The number of benzene rings is 1. The molecular formula is C25H31N5O. The normalized spacial score (nSPS) is 17.3. The Morgan fingerprint density at radius 3 is 2.45 bits per heavy atom. The first-order valence-corrected chi connectivity index (χ1v) is 11.5. The van der Waals surface area contributed by atoms with Crippen molar-refractivity contribution in [2.45, 2.75) is 32.4 Å². The van der Waals surface area contributed by atoms with Crippen LogP contribution in [0.25, 0.3) is 10.9 Å². The summed E-state index contributed by atoms with van der Waals surface area (Å²) < 4.78 is 5.51. The van der Waals surface area contributed by atoms with Crippen LogP contribution in [-0.4, -0.2) is 49.4 Å². The number of pyridine rings is 2. The summed E-state index contributed by atoms with van der Waals surface area (Å²) in [6.07, 6.45) is 5.71. The van der Waals surface area contributed by atoms with E-state index in [0.29, 0.717) is 0 Å². The Labute approximate surface area is 184 Å². The maximum absolute atomic E-state index is 5.51. The van der Waals surface area contributed by atoms with E-state index in [-0.39, 0.29) is 0 Å². The number of nitrogens with zero attached hydrogens (tertiary/aromatic N) is 4. The van der Waals surface area contributed by atoms with E-state index in [0.717, 1.165) is 69.6 Å². The highest BCUT2D eigenvalue weighted by atomic mass is 16.5. The van der Waals surface area contributed by atoms with Gasteiger partial charge in [-0.05, 0) is 37.5 Å². The minimum absolute atomic E-state index is 0.769. The van der Waals surface area contributed by atoms with Gasteiger partial charge in [0.05, 0.1) is 18.7 Å². The number of fused-ring (bicyclic) bond motifs is 1. The van der Waals surface area contributed by atoms with Crippen LogP contribution in [-0.2, 0) is 17.8 Å². The van der Waals surface area contributed by atoms with Gasteiger partial charge < -0.3 is 19.9 Å². The van der Waals surface area contributed by atoms with Crippen molar-refractivity contribution in [1.29, 1.82) is 0 Å². The summed E-state index contributed by atoms with van der Waals surface area (Å²) in [6, 6.07) is 14.9. The number of rotatable bonds is 6. The van der Waals surface area contributed by atoms with Crippen LogP contribution in [0.3, 0.4) is 0 Å². The molecule has 31 heavy (non-hydrogen) atoms. The largest absolute Gasteiger partial charge is 0.378 e. The molecule has 0 radical (unpaired) electrons. The van der Waals surface area contributed by atoms with Crippen molar-refractivity contribution in [2.24, 2.45) is 0 Å². The second-order valence-corrected chi connectivity index (χ2v) is 8.40. The van der Waals surface area contributed by atoms with Crippen LogP contribution in [0.2, 0.25) is 0 Å². The van der Waals surface area contributed by atoms with Crippen molar-refractivity contribution in [1.82, 2.24) is 15.3 Å². The Morgan fingerprint density at radius 2 is 1.58 bits per heavy atom. The molecule has 0 atom stereocenters. The molecule has 2 aliphatic rings. The van der Waals surface area contributed by atoms with Gasteiger partial charge in [-0.25, -0.2) is 9.97 Å². The fourth-order valence-corrected chi connectivity index (χ4v) is 4.62.